The Morgan fingerprint density at radius 1 is 1.28 bits per heavy atom. The van der Waals surface area contributed by atoms with Crippen molar-refractivity contribution >= 4 is 5.96 Å². The minimum Gasteiger partial charge on any atom is -0.439 e. The van der Waals surface area contributed by atoms with Gasteiger partial charge in [-0.05, 0) is 49.6 Å². The molecule has 2 fully saturated rings. The Hall–Kier alpha value is -2.67. The minimum absolute atomic E-state index is 0.292. The molecule has 1 atom stereocenters. The highest BCUT2D eigenvalue weighted by molar-refractivity contribution is 5.80. The van der Waals surface area contributed by atoms with E-state index in [1.165, 1.54) is 12.1 Å². The number of rotatable bonds is 5. The quantitative estimate of drug-likeness (QED) is 0.616. The Bertz CT molecular complexity index is 833. The number of nitrogens with one attached hydrogen (secondary N) is 1. The lowest BCUT2D eigenvalue weighted by atomic mass is 9.87. The number of aliphatic imine (C=N–C) groups is 1. The van der Waals surface area contributed by atoms with Crippen LogP contribution in [0.5, 0.6) is 11.6 Å². The summed E-state index contributed by atoms with van der Waals surface area (Å²) in [4.78, 5) is 11.5. The van der Waals surface area contributed by atoms with Crippen LogP contribution in [0, 0.1) is 11.2 Å². The first-order chi connectivity index (χ1) is 14.2. The Morgan fingerprint density at radius 2 is 2.14 bits per heavy atom. The maximum absolute atomic E-state index is 13.0. The molecule has 7 heteroatoms. The van der Waals surface area contributed by atoms with E-state index in [0.717, 1.165) is 57.2 Å². The van der Waals surface area contributed by atoms with Crippen molar-refractivity contribution in [3.63, 3.8) is 0 Å². The van der Waals surface area contributed by atoms with E-state index in [-0.39, 0.29) is 5.82 Å². The molecule has 0 bridgehead atoms. The van der Waals surface area contributed by atoms with Gasteiger partial charge in [-0.1, -0.05) is 6.07 Å². The summed E-state index contributed by atoms with van der Waals surface area (Å²) in [6.45, 7) is 7.22. The number of pyridine rings is 1. The first-order valence-corrected chi connectivity index (χ1v) is 10.2. The number of ether oxygens (including phenoxy) is 2. The number of nitrogens with zero attached hydrogens (tertiary/aromatic N) is 3. The molecule has 1 spiro atoms. The zero-order chi connectivity index (χ0) is 20.1. The van der Waals surface area contributed by atoms with Gasteiger partial charge in [0.1, 0.15) is 11.6 Å². The van der Waals surface area contributed by atoms with Gasteiger partial charge in [-0.3, -0.25) is 0 Å². The van der Waals surface area contributed by atoms with Gasteiger partial charge in [-0.15, -0.1) is 0 Å². The third kappa shape index (κ3) is 4.85. The van der Waals surface area contributed by atoms with Crippen LogP contribution in [0.2, 0.25) is 0 Å². The average molecular weight is 398 g/mol. The molecule has 1 N–H and O–H groups in total. The van der Waals surface area contributed by atoms with Gasteiger partial charge in [0.2, 0.25) is 5.88 Å². The number of guanidine groups is 1. The van der Waals surface area contributed by atoms with Crippen molar-refractivity contribution in [2.75, 3.05) is 32.8 Å². The molecule has 0 aliphatic carbocycles. The third-order valence-corrected chi connectivity index (χ3v) is 5.50. The van der Waals surface area contributed by atoms with Crippen molar-refractivity contribution in [1.82, 2.24) is 15.2 Å². The normalized spacial score (nSPS) is 21.7. The van der Waals surface area contributed by atoms with E-state index < -0.39 is 0 Å². The molecular weight excluding hydrogens is 371 g/mol. The highest BCUT2D eigenvalue weighted by atomic mass is 19.1. The van der Waals surface area contributed by atoms with Crippen LogP contribution in [-0.2, 0) is 11.3 Å². The van der Waals surface area contributed by atoms with Crippen LogP contribution in [0.1, 0.15) is 25.3 Å². The van der Waals surface area contributed by atoms with Crippen molar-refractivity contribution in [2.45, 2.75) is 26.3 Å². The lowest BCUT2D eigenvalue weighted by Gasteiger charge is -2.25. The van der Waals surface area contributed by atoms with E-state index >= 15 is 0 Å². The van der Waals surface area contributed by atoms with Crippen molar-refractivity contribution in [2.24, 2.45) is 10.4 Å². The maximum atomic E-state index is 13.0. The zero-order valence-corrected chi connectivity index (χ0v) is 16.7. The second-order valence-electron chi connectivity index (χ2n) is 7.70. The molecule has 6 nitrogen and oxygen atoms in total. The van der Waals surface area contributed by atoms with Crippen LogP contribution in [0.4, 0.5) is 4.39 Å². The SMILES string of the molecule is CCNC(=NCc1ccc(Oc2ccc(F)cc2)nc1)N1CCC2(CCOC2)C1. The molecule has 2 saturated heterocycles. The molecule has 29 heavy (non-hydrogen) atoms. The number of aromatic nitrogens is 1. The van der Waals surface area contributed by atoms with Crippen LogP contribution < -0.4 is 10.1 Å². The molecule has 1 unspecified atom stereocenters. The Morgan fingerprint density at radius 3 is 2.83 bits per heavy atom. The molecule has 0 saturated carbocycles. The number of hydrogen-bond acceptors (Lipinski definition) is 4. The molecule has 1 aromatic heterocycles. The van der Waals surface area contributed by atoms with Gasteiger partial charge in [0.25, 0.3) is 0 Å². The fraction of sp³-hybridized carbons (Fsp3) is 0.455. The summed E-state index contributed by atoms with van der Waals surface area (Å²) in [5, 5.41) is 3.41. The highest BCUT2D eigenvalue weighted by Gasteiger charge is 2.42. The van der Waals surface area contributed by atoms with E-state index in [1.54, 1.807) is 18.3 Å². The molecule has 154 valence electrons. The van der Waals surface area contributed by atoms with Crippen LogP contribution in [0.3, 0.4) is 0 Å². The predicted molar refractivity (Wildman–Crippen MR) is 110 cm³/mol. The topological polar surface area (TPSA) is 59.0 Å². The molecule has 4 rings (SSSR count). The van der Waals surface area contributed by atoms with Crippen molar-refractivity contribution in [1.29, 1.82) is 0 Å². The Kier molecular flexibility index (Phi) is 5.94. The Labute approximate surface area is 170 Å². The van der Waals surface area contributed by atoms with Crippen LogP contribution >= 0.6 is 0 Å². The van der Waals surface area contributed by atoms with Gasteiger partial charge in [-0.2, -0.15) is 0 Å². The standard InChI is InChI=1S/C22H27FN4O2/c1-2-24-21(27-11-9-22(15-27)10-12-28-16-22)26-14-17-3-8-20(25-13-17)29-19-6-4-18(23)5-7-19/h3-8,13H,2,9-12,14-16H2,1H3,(H,24,26). The predicted octanol–water partition coefficient (Wildman–Crippen LogP) is 3.59. The van der Waals surface area contributed by atoms with Crippen LogP contribution in [-0.4, -0.2) is 48.7 Å². The van der Waals surface area contributed by atoms with Gasteiger partial charge < -0.3 is 19.7 Å². The molecule has 0 amide bonds. The van der Waals surface area contributed by atoms with Gasteiger partial charge >= 0.3 is 0 Å². The third-order valence-electron chi connectivity index (χ3n) is 5.50. The summed E-state index contributed by atoms with van der Waals surface area (Å²) in [7, 11) is 0. The van der Waals surface area contributed by atoms with E-state index in [1.807, 2.05) is 12.1 Å². The largest absolute Gasteiger partial charge is 0.439 e. The molecule has 0 radical (unpaired) electrons. The number of likely N-dealkylation sites (tertiary alicyclic amines) is 1. The molecule has 2 aliphatic rings. The summed E-state index contributed by atoms with van der Waals surface area (Å²) in [5.41, 5.74) is 1.31. The monoisotopic (exact) mass is 398 g/mol. The molecule has 1 aromatic carbocycles. The first kappa shape index (κ1) is 19.6. The van der Waals surface area contributed by atoms with E-state index in [2.05, 4.69) is 22.1 Å². The number of halogens is 1. The van der Waals surface area contributed by atoms with E-state index in [4.69, 9.17) is 14.5 Å². The van der Waals surface area contributed by atoms with Gasteiger partial charge in [-0.25, -0.2) is 14.4 Å². The number of hydrogen-bond donors (Lipinski definition) is 1. The summed E-state index contributed by atoms with van der Waals surface area (Å²) >= 11 is 0. The van der Waals surface area contributed by atoms with Crippen molar-refractivity contribution in [3.8, 4) is 11.6 Å². The average Bonchev–Trinajstić information content (AvgIpc) is 3.38. The number of benzene rings is 1. The maximum Gasteiger partial charge on any atom is 0.219 e. The molecule has 2 aromatic rings. The molecular formula is C22H27FN4O2. The summed E-state index contributed by atoms with van der Waals surface area (Å²) in [5.74, 6) is 1.68. The Balaban J connectivity index is 1.37. The zero-order valence-electron chi connectivity index (χ0n) is 16.7. The van der Waals surface area contributed by atoms with Gasteiger partial charge in [0.05, 0.1) is 13.2 Å². The summed E-state index contributed by atoms with van der Waals surface area (Å²) in [6, 6.07) is 9.64. The lowest BCUT2D eigenvalue weighted by Crippen LogP contribution is -2.41. The molecule has 2 aliphatic heterocycles. The molecule has 3 heterocycles. The second kappa shape index (κ2) is 8.78. The fourth-order valence-corrected chi connectivity index (χ4v) is 3.87. The van der Waals surface area contributed by atoms with Crippen LogP contribution in [0.25, 0.3) is 0 Å². The van der Waals surface area contributed by atoms with E-state index in [0.29, 0.717) is 23.6 Å². The second-order valence-corrected chi connectivity index (χ2v) is 7.70. The first-order valence-electron chi connectivity index (χ1n) is 10.2. The lowest BCUT2D eigenvalue weighted by molar-refractivity contribution is 0.156. The summed E-state index contributed by atoms with van der Waals surface area (Å²) in [6.07, 6.45) is 4.07. The highest BCUT2D eigenvalue weighted by Crippen LogP contribution is 2.38. The van der Waals surface area contributed by atoms with Gasteiger partial charge in [0, 0.05) is 43.9 Å². The van der Waals surface area contributed by atoms with Gasteiger partial charge in [0.15, 0.2) is 5.96 Å². The van der Waals surface area contributed by atoms with Crippen molar-refractivity contribution in [3.05, 3.63) is 54.0 Å². The van der Waals surface area contributed by atoms with E-state index in [9.17, 15) is 4.39 Å². The summed E-state index contributed by atoms with van der Waals surface area (Å²) < 4.78 is 24.3. The van der Waals surface area contributed by atoms with Crippen LogP contribution in [0.15, 0.2) is 47.6 Å². The smallest absolute Gasteiger partial charge is 0.219 e. The fourth-order valence-electron chi connectivity index (χ4n) is 3.87. The van der Waals surface area contributed by atoms with Crippen molar-refractivity contribution < 1.29 is 13.9 Å². The minimum atomic E-state index is -0.292.